The second-order valence-electron chi connectivity index (χ2n) is 6.54. The third-order valence-corrected chi connectivity index (χ3v) is 4.61. The van der Waals surface area contributed by atoms with Crippen molar-refractivity contribution in [2.75, 3.05) is 13.1 Å². The molecule has 5 heteroatoms. The fourth-order valence-corrected chi connectivity index (χ4v) is 3.08. The minimum Gasteiger partial charge on any atom is -0.479 e. The van der Waals surface area contributed by atoms with Gasteiger partial charge in [0.1, 0.15) is 5.54 Å². The van der Waals surface area contributed by atoms with Crippen molar-refractivity contribution < 1.29 is 14.7 Å². The maximum absolute atomic E-state index is 12.4. The highest BCUT2D eigenvalue weighted by Crippen LogP contribution is 2.34. The summed E-state index contributed by atoms with van der Waals surface area (Å²) in [5, 5.41) is 9.48. The number of aliphatic carboxylic acids is 1. The van der Waals surface area contributed by atoms with Crippen LogP contribution in [0.4, 0.5) is 0 Å². The highest BCUT2D eigenvalue weighted by atomic mass is 16.4. The lowest BCUT2D eigenvalue weighted by Crippen LogP contribution is -2.52. The Morgan fingerprint density at radius 3 is 2.50 bits per heavy atom. The zero-order chi connectivity index (χ0) is 15.4. The number of carboxylic acids is 1. The number of nitrogens with two attached hydrogens (primary N) is 1. The van der Waals surface area contributed by atoms with Gasteiger partial charge in [-0.1, -0.05) is 20.8 Å². The lowest BCUT2D eigenvalue weighted by molar-refractivity contribution is -0.157. The van der Waals surface area contributed by atoms with Crippen molar-refractivity contribution in [1.29, 1.82) is 0 Å². The summed E-state index contributed by atoms with van der Waals surface area (Å²) in [5.41, 5.74) is 4.63. The molecule has 0 aliphatic carbocycles. The molecule has 1 fully saturated rings. The van der Waals surface area contributed by atoms with Crippen LogP contribution in [-0.4, -0.2) is 40.5 Å². The van der Waals surface area contributed by atoms with Crippen LogP contribution in [0.5, 0.6) is 0 Å². The molecule has 1 heterocycles. The van der Waals surface area contributed by atoms with Crippen LogP contribution in [0.2, 0.25) is 0 Å². The van der Waals surface area contributed by atoms with Gasteiger partial charge in [0.05, 0.1) is 0 Å². The van der Waals surface area contributed by atoms with Gasteiger partial charge in [-0.05, 0) is 44.1 Å². The minimum absolute atomic E-state index is 0.0300. The first kappa shape index (κ1) is 17.0. The van der Waals surface area contributed by atoms with Gasteiger partial charge in [0.2, 0.25) is 5.91 Å². The zero-order valence-electron chi connectivity index (χ0n) is 12.9. The monoisotopic (exact) mass is 284 g/mol. The Morgan fingerprint density at radius 1 is 1.35 bits per heavy atom. The molecule has 1 rings (SSSR count). The predicted molar refractivity (Wildman–Crippen MR) is 78.3 cm³/mol. The van der Waals surface area contributed by atoms with Crippen LogP contribution >= 0.6 is 0 Å². The maximum Gasteiger partial charge on any atom is 0.329 e. The summed E-state index contributed by atoms with van der Waals surface area (Å²) in [4.78, 5) is 25.6. The fourth-order valence-electron chi connectivity index (χ4n) is 3.08. The van der Waals surface area contributed by atoms with Crippen molar-refractivity contribution in [2.24, 2.45) is 11.1 Å². The lowest BCUT2D eigenvalue weighted by Gasteiger charge is -2.35. The summed E-state index contributed by atoms with van der Waals surface area (Å²) in [6.07, 6.45) is 3.84. The Labute approximate surface area is 121 Å². The number of amides is 1. The molecule has 1 amide bonds. The summed E-state index contributed by atoms with van der Waals surface area (Å²) in [5.74, 6) is -0.899. The molecule has 1 atom stereocenters. The molecule has 3 N–H and O–H groups in total. The summed E-state index contributed by atoms with van der Waals surface area (Å²) in [6.45, 7) is 7.22. The molecule has 0 radical (unpaired) electrons. The maximum atomic E-state index is 12.4. The first-order chi connectivity index (χ1) is 9.29. The van der Waals surface area contributed by atoms with Crippen LogP contribution in [0.1, 0.15) is 59.3 Å². The molecular formula is C15H28N2O3. The predicted octanol–water partition coefficient (Wildman–Crippen LogP) is 2.00. The van der Waals surface area contributed by atoms with Gasteiger partial charge in [0.15, 0.2) is 0 Å². The molecular weight excluding hydrogens is 256 g/mol. The Kier molecular flexibility index (Phi) is 5.57. The van der Waals surface area contributed by atoms with E-state index >= 15 is 0 Å². The van der Waals surface area contributed by atoms with Gasteiger partial charge in [0, 0.05) is 13.0 Å². The SMILES string of the molecule is CCC1(C(=O)O)CCCN1C(=O)CCC(C)(C)CCN. The summed E-state index contributed by atoms with van der Waals surface area (Å²) >= 11 is 0. The van der Waals surface area contributed by atoms with Gasteiger partial charge < -0.3 is 15.7 Å². The van der Waals surface area contributed by atoms with Crippen LogP contribution < -0.4 is 5.73 Å². The molecule has 0 aromatic heterocycles. The smallest absolute Gasteiger partial charge is 0.329 e. The molecule has 0 saturated carbocycles. The van der Waals surface area contributed by atoms with E-state index in [1.807, 2.05) is 6.92 Å². The van der Waals surface area contributed by atoms with Gasteiger partial charge >= 0.3 is 5.97 Å². The fraction of sp³-hybridized carbons (Fsp3) is 0.867. The first-order valence-corrected chi connectivity index (χ1v) is 7.53. The molecule has 0 bridgehead atoms. The van der Waals surface area contributed by atoms with Crippen LogP contribution in [0.15, 0.2) is 0 Å². The molecule has 0 spiro atoms. The number of carboxylic acid groups (broad SMARTS) is 1. The number of carbonyl (C=O) groups is 2. The molecule has 1 aliphatic rings. The average molecular weight is 284 g/mol. The standard InChI is InChI=1S/C15H28N2O3/c1-4-15(13(19)20)7-5-11-17(15)12(18)6-8-14(2,3)9-10-16/h4-11,16H2,1-3H3,(H,19,20). The quantitative estimate of drug-likeness (QED) is 0.749. The highest BCUT2D eigenvalue weighted by Gasteiger charge is 2.48. The number of rotatable bonds is 7. The van der Waals surface area contributed by atoms with Crippen LogP contribution in [-0.2, 0) is 9.59 Å². The molecule has 1 aliphatic heterocycles. The minimum atomic E-state index is -0.977. The van der Waals surface area contributed by atoms with Gasteiger partial charge in [0.25, 0.3) is 0 Å². The molecule has 1 unspecified atom stereocenters. The number of carbonyl (C=O) groups excluding carboxylic acids is 1. The number of hydrogen-bond donors (Lipinski definition) is 2. The molecule has 116 valence electrons. The second kappa shape index (κ2) is 6.57. The van der Waals surface area contributed by atoms with Crippen LogP contribution in [0, 0.1) is 5.41 Å². The first-order valence-electron chi connectivity index (χ1n) is 7.53. The van der Waals surface area contributed by atoms with Gasteiger partial charge in [-0.25, -0.2) is 4.79 Å². The second-order valence-corrected chi connectivity index (χ2v) is 6.54. The number of likely N-dealkylation sites (tertiary alicyclic amines) is 1. The molecule has 1 saturated heterocycles. The van der Waals surface area contributed by atoms with Crippen molar-refractivity contribution in [3.05, 3.63) is 0 Å². The van der Waals surface area contributed by atoms with E-state index in [0.29, 0.717) is 32.4 Å². The van der Waals surface area contributed by atoms with E-state index in [4.69, 9.17) is 5.73 Å². The van der Waals surface area contributed by atoms with Crippen molar-refractivity contribution in [1.82, 2.24) is 4.90 Å². The van der Waals surface area contributed by atoms with E-state index < -0.39 is 11.5 Å². The van der Waals surface area contributed by atoms with Gasteiger partial charge in [-0.15, -0.1) is 0 Å². The summed E-state index contributed by atoms with van der Waals surface area (Å²) in [6, 6.07) is 0. The van der Waals surface area contributed by atoms with Crippen LogP contribution in [0.25, 0.3) is 0 Å². The third-order valence-electron chi connectivity index (χ3n) is 4.61. The topological polar surface area (TPSA) is 83.6 Å². The normalized spacial score (nSPS) is 23.1. The summed E-state index contributed by atoms with van der Waals surface area (Å²) < 4.78 is 0. The van der Waals surface area contributed by atoms with E-state index in [-0.39, 0.29) is 11.3 Å². The molecule has 0 aromatic rings. The van der Waals surface area contributed by atoms with Crippen molar-refractivity contribution in [3.8, 4) is 0 Å². The number of nitrogens with zero attached hydrogens (tertiary/aromatic N) is 1. The highest BCUT2D eigenvalue weighted by molar-refractivity contribution is 5.87. The Bertz CT molecular complexity index is 368. The Hall–Kier alpha value is -1.10. The zero-order valence-corrected chi connectivity index (χ0v) is 12.9. The van der Waals surface area contributed by atoms with Crippen molar-refractivity contribution >= 4 is 11.9 Å². The van der Waals surface area contributed by atoms with Crippen molar-refractivity contribution in [3.63, 3.8) is 0 Å². The van der Waals surface area contributed by atoms with Crippen LogP contribution in [0.3, 0.4) is 0 Å². The van der Waals surface area contributed by atoms with E-state index in [2.05, 4.69) is 13.8 Å². The molecule has 20 heavy (non-hydrogen) atoms. The molecule has 5 nitrogen and oxygen atoms in total. The average Bonchev–Trinajstić information content (AvgIpc) is 2.81. The van der Waals surface area contributed by atoms with E-state index in [0.717, 1.165) is 19.3 Å². The van der Waals surface area contributed by atoms with Gasteiger partial charge in [-0.3, -0.25) is 4.79 Å². The lowest BCUT2D eigenvalue weighted by atomic mass is 9.84. The molecule has 0 aromatic carbocycles. The third kappa shape index (κ3) is 3.51. The summed E-state index contributed by atoms with van der Waals surface area (Å²) in [7, 11) is 0. The van der Waals surface area contributed by atoms with Crippen molar-refractivity contribution in [2.45, 2.75) is 64.8 Å². The van der Waals surface area contributed by atoms with Gasteiger partial charge in [-0.2, -0.15) is 0 Å². The number of hydrogen-bond acceptors (Lipinski definition) is 3. The Morgan fingerprint density at radius 2 is 2.00 bits per heavy atom. The van der Waals surface area contributed by atoms with E-state index in [1.165, 1.54) is 0 Å². The largest absolute Gasteiger partial charge is 0.479 e. The van der Waals surface area contributed by atoms with E-state index in [1.54, 1.807) is 4.90 Å². The van der Waals surface area contributed by atoms with E-state index in [9.17, 15) is 14.7 Å². The Balaban J connectivity index is 2.69.